The van der Waals surface area contributed by atoms with Crippen LogP contribution < -0.4 is 11.1 Å². The van der Waals surface area contributed by atoms with E-state index in [2.05, 4.69) is 12.2 Å². The third-order valence-corrected chi connectivity index (χ3v) is 4.16. The fraction of sp³-hybridized carbons (Fsp3) is 0.929. The molecule has 0 saturated heterocycles. The van der Waals surface area contributed by atoms with Gasteiger partial charge in [0, 0.05) is 13.0 Å². The van der Waals surface area contributed by atoms with Gasteiger partial charge < -0.3 is 15.8 Å². The van der Waals surface area contributed by atoms with Crippen molar-refractivity contribution in [2.24, 2.45) is 11.7 Å². The van der Waals surface area contributed by atoms with Crippen LogP contribution in [0.5, 0.6) is 0 Å². The first kappa shape index (κ1) is 13.8. The number of hydrogen-bond acceptors (Lipinski definition) is 3. The molecular weight excluding hydrogens is 228 g/mol. The van der Waals surface area contributed by atoms with Crippen LogP contribution in [0.25, 0.3) is 0 Å². The molecular formula is C14H26N2O2. The molecule has 2 rings (SSSR count). The maximum absolute atomic E-state index is 11.8. The van der Waals surface area contributed by atoms with Gasteiger partial charge >= 0.3 is 0 Å². The molecule has 4 nitrogen and oxygen atoms in total. The van der Waals surface area contributed by atoms with Gasteiger partial charge in [0.25, 0.3) is 0 Å². The Labute approximate surface area is 110 Å². The Morgan fingerprint density at radius 2 is 2.22 bits per heavy atom. The summed E-state index contributed by atoms with van der Waals surface area (Å²) in [4.78, 5) is 11.8. The van der Waals surface area contributed by atoms with E-state index in [-0.39, 0.29) is 12.0 Å². The van der Waals surface area contributed by atoms with Gasteiger partial charge in [0.05, 0.1) is 6.10 Å². The van der Waals surface area contributed by atoms with E-state index in [1.165, 1.54) is 12.8 Å². The first-order chi connectivity index (χ1) is 8.66. The fourth-order valence-electron chi connectivity index (χ4n) is 2.76. The molecule has 4 heteroatoms. The average Bonchev–Trinajstić information content (AvgIpc) is 3.18. The lowest BCUT2D eigenvalue weighted by molar-refractivity contribution is -0.128. The van der Waals surface area contributed by atoms with Crippen LogP contribution in [0.2, 0.25) is 0 Å². The Kier molecular flexibility index (Phi) is 4.62. The molecule has 104 valence electrons. The predicted molar refractivity (Wildman–Crippen MR) is 71.2 cm³/mol. The average molecular weight is 254 g/mol. The first-order valence-electron chi connectivity index (χ1n) is 7.33. The Balaban J connectivity index is 1.89. The molecule has 18 heavy (non-hydrogen) atoms. The van der Waals surface area contributed by atoms with Crippen LogP contribution in [0, 0.1) is 5.92 Å². The Morgan fingerprint density at radius 1 is 1.44 bits per heavy atom. The minimum absolute atomic E-state index is 0.205. The highest BCUT2D eigenvalue weighted by Crippen LogP contribution is 2.33. The SMILES string of the molecule is CCCNC1(C(N)=O)CCCC(OCC2CC2)C1. The van der Waals surface area contributed by atoms with Gasteiger partial charge in [-0.1, -0.05) is 6.92 Å². The number of nitrogens with two attached hydrogens (primary N) is 1. The van der Waals surface area contributed by atoms with E-state index in [9.17, 15) is 4.79 Å². The second-order valence-corrected chi connectivity index (χ2v) is 5.87. The summed E-state index contributed by atoms with van der Waals surface area (Å²) in [5, 5.41) is 3.36. The van der Waals surface area contributed by atoms with E-state index in [1.807, 2.05) is 0 Å². The van der Waals surface area contributed by atoms with Crippen molar-refractivity contribution in [1.29, 1.82) is 0 Å². The monoisotopic (exact) mass is 254 g/mol. The van der Waals surface area contributed by atoms with Crippen molar-refractivity contribution >= 4 is 5.91 Å². The lowest BCUT2D eigenvalue weighted by Crippen LogP contribution is -2.59. The molecule has 2 saturated carbocycles. The summed E-state index contributed by atoms with van der Waals surface area (Å²) in [6.07, 6.45) is 7.52. The topological polar surface area (TPSA) is 64.3 Å². The van der Waals surface area contributed by atoms with E-state index < -0.39 is 5.54 Å². The maximum atomic E-state index is 11.8. The summed E-state index contributed by atoms with van der Waals surface area (Å²) in [5.74, 6) is 0.564. The quantitative estimate of drug-likeness (QED) is 0.725. The minimum Gasteiger partial charge on any atom is -0.378 e. The molecule has 0 aromatic heterocycles. The van der Waals surface area contributed by atoms with Gasteiger partial charge in [0.15, 0.2) is 0 Å². The largest absolute Gasteiger partial charge is 0.378 e. The molecule has 2 aliphatic rings. The van der Waals surface area contributed by atoms with Crippen molar-refractivity contribution < 1.29 is 9.53 Å². The zero-order valence-corrected chi connectivity index (χ0v) is 11.4. The molecule has 0 aromatic rings. The number of primary amides is 1. The Morgan fingerprint density at radius 3 is 2.83 bits per heavy atom. The minimum atomic E-state index is -0.525. The summed E-state index contributed by atoms with van der Waals surface area (Å²) in [7, 11) is 0. The third kappa shape index (κ3) is 3.45. The molecule has 0 bridgehead atoms. The van der Waals surface area contributed by atoms with E-state index >= 15 is 0 Å². The van der Waals surface area contributed by atoms with Crippen molar-refractivity contribution in [1.82, 2.24) is 5.32 Å². The van der Waals surface area contributed by atoms with Gasteiger partial charge in [-0.15, -0.1) is 0 Å². The van der Waals surface area contributed by atoms with Crippen LogP contribution in [0.1, 0.15) is 51.9 Å². The Bertz CT molecular complexity index is 292. The van der Waals surface area contributed by atoms with Gasteiger partial charge in [0.1, 0.15) is 5.54 Å². The smallest absolute Gasteiger partial charge is 0.237 e. The standard InChI is InChI=1S/C14H26N2O2/c1-2-8-16-14(13(15)17)7-3-4-12(9-14)18-10-11-5-6-11/h11-12,16H,2-10H2,1H3,(H2,15,17). The van der Waals surface area contributed by atoms with Crippen LogP contribution in [0.4, 0.5) is 0 Å². The lowest BCUT2D eigenvalue weighted by atomic mass is 9.79. The summed E-state index contributed by atoms with van der Waals surface area (Å²) >= 11 is 0. The summed E-state index contributed by atoms with van der Waals surface area (Å²) in [6.45, 7) is 3.82. The number of nitrogens with one attached hydrogen (secondary N) is 1. The summed E-state index contributed by atoms with van der Waals surface area (Å²) < 4.78 is 5.94. The molecule has 0 aliphatic heterocycles. The highest BCUT2D eigenvalue weighted by atomic mass is 16.5. The predicted octanol–water partition coefficient (Wildman–Crippen LogP) is 1.58. The zero-order chi connectivity index (χ0) is 13.0. The first-order valence-corrected chi connectivity index (χ1v) is 7.33. The maximum Gasteiger partial charge on any atom is 0.237 e. The number of hydrogen-bond donors (Lipinski definition) is 2. The van der Waals surface area contributed by atoms with Gasteiger partial charge in [0.2, 0.25) is 5.91 Å². The van der Waals surface area contributed by atoms with Crippen molar-refractivity contribution in [2.75, 3.05) is 13.2 Å². The zero-order valence-electron chi connectivity index (χ0n) is 11.4. The van der Waals surface area contributed by atoms with Crippen molar-refractivity contribution in [3.8, 4) is 0 Å². The van der Waals surface area contributed by atoms with Crippen LogP contribution in [-0.4, -0.2) is 30.7 Å². The highest BCUT2D eigenvalue weighted by molar-refractivity contribution is 5.84. The van der Waals surface area contributed by atoms with Gasteiger partial charge in [-0.2, -0.15) is 0 Å². The molecule has 2 fully saturated rings. The van der Waals surface area contributed by atoms with Gasteiger partial charge in [-0.25, -0.2) is 0 Å². The molecule has 2 unspecified atom stereocenters. The molecule has 2 atom stereocenters. The van der Waals surface area contributed by atoms with E-state index in [4.69, 9.17) is 10.5 Å². The second kappa shape index (κ2) is 6.02. The molecule has 1 amide bonds. The molecule has 0 radical (unpaired) electrons. The molecule has 0 spiro atoms. The van der Waals surface area contributed by atoms with Crippen molar-refractivity contribution in [3.05, 3.63) is 0 Å². The van der Waals surface area contributed by atoms with Gasteiger partial charge in [-0.05, 0) is 51.0 Å². The molecule has 0 aromatic carbocycles. The van der Waals surface area contributed by atoms with Gasteiger partial charge in [-0.3, -0.25) is 4.79 Å². The van der Waals surface area contributed by atoms with E-state index in [1.54, 1.807) is 0 Å². The Hall–Kier alpha value is -0.610. The second-order valence-electron chi connectivity index (χ2n) is 5.87. The number of carbonyl (C=O) groups is 1. The normalized spacial score (nSPS) is 32.4. The van der Waals surface area contributed by atoms with Crippen LogP contribution in [-0.2, 0) is 9.53 Å². The van der Waals surface area contributed by atoms with Crippen molar-refractivity contribution in [3.63, 3.8) is 0 Å². The summed E-state index contributed by atoms with van der Waals surface area (Å²) in [6, 6.07) is 0. The number of ether oxygens (including phenoxy) is 1. The highest BCUT2D eigenvalue weighted by Gasteiger charge is 2.41. The van der Waals surface area contributed by atoms with Crippen LogP contribution >= 0.6 is 0 Å². The third-order valence-electron chi connectivity index (χ3n) is 4.16. The fourth-order valence-corrected chi connectivity index (χ4v) is 2.76. The molecule has 2 aliphatic carbocycles. The van der Waals surface area contributed by atoms with E-state index in [0.29, 0.717) is 0 Å². The number of amides is 1. The number of carbonyl (C=O) groups excluding carboxylic acids is 1. The number of rotatable bonds is 7. The molecule has 3 N–H and O–H groups in total. The summed E-state index contributed by atoms with van der Waals surface area (Å²) in [5.41, 5.74) is 5.09. The van der Waals surface area contributed by atoms with Crippen LogP contribution in [0.15, 0.2) is 0 Å². The lowest BCUT2D eigenvalue weighted by Gasteiger charge is -2.39. The van der Waals surface area contributed by atoms with E-state index in [0.717, 1.165) is 51.2 Å². The van der Waals surface area contributed by atoms with Crippen molar-refractivity contribution in [2.45, 2.75) is 63.5 Å². The van der Waals surface area contributed by atoms with Crippen LogP contribution in [0.3, 0.4) is 0 Å². The molecule has 0 heterocycles.